The summed E-state index contributed by atoms with van der Waals surface area (Å²) in [6.07, 6.45) is 1.17. The van der Waals surface area contributed by atoms with Crippen molar-refractivity contribution in [3.05, 3.63) is 66.7 Å². The molecule has 0 aromatic heterocycles. The Morgan fingerprint density at radius 3 is 2.44 bits per heavy atom. The van der Waals surface area contributed by atoms with Crippen LogP contribution in [0.5, 0.6) is 0 Å². The molecule has 0 fully saturated rings. The number of hydrogen-bond donors (Lipinski definition) is 2. The van der Waals surface area contributed by atoms with Gasteiger partial charge in [-0.3, -0.25) is 5.41 Å². The average Bonchev–Trinajstić information content (AvgIpc) is 2.60. The molecule has 0 heterocycles. The van der Waals surface area contributed by atoms with E-state index in [1.54, 1.807) is 30.1 Å². The van der Waals surface area contributed by atoms with Crippen LogP contribution in [-0.4, -0.2) is 27.7 Å². The number of fused-ring (bicyclic) bond motifs is 1. The van der Waals surface area contributed by atoms with E-state index in [-0.39, 0.29) is 10.9 Å². The monoisotopic (exact) mass is 353 g/mol. The molecule has 0 aliphatic carbocycles. The lowest BCUT2D eigenvalue weighted by atomic mass is 10.1. The van der Waals surface area contributed by atoms with Gasteiger partial charge in [0.1, 0.15) is 0 Å². The molecular weight excluding hydrogens is 334 g/mol. The molecule has 0 spiro atoms. The largest absolute Gasteiger partial charge is 0.326 e. The van der Waals surface area contributed by atoms with Crippen LogP contribution in [0.4, 0.5) is 11.4 Å². The van der Waals surface area contributed by atoms with Crippen molar-refractivity contribution in [3.8, 4) is 0 Å². The minimum atomic E-state index is -3.29. The highest BCUT2D eigenvalue weighted by Gasteiger charge is 2.12. The predicted octanol–water partition coefficient (Wildman–Crippen LogP) is 3.73. The summed E-state index contributed by atoms with van der Waals surface area (Å²) in [5, 5.41) is 13.4. The molecule has 0 radical (unpaired) electrons. The molecule has 3 rings (SSSR count). The number of guanidine groups is 1. The Morgan fingerprint density at radius 1 is 1.00 bits per heavy atom. The quantitative estimate of drug-likeness (QED) is 0.556. The number of anilines is 2. The van der Waals surface area contributed by atoms with Gasteiger partial charge < -0.3 is 10.2 Å². The maximum atomic E-state index is 11.7. The van der Waals surface area contributed by atoms with E-state index in [4.69, 9.17) is 5.41 Å². The first-order chi connectivity index (χ1) is 11.9. The normalized spacial score (nSPS) is 11.3. The summed E-state index contributed by atoms with van der Waals surface area (Å²) in [6.45, 7) is 0. The lowest BCUT2D eigenvalue weighted by Crippen LogP contribution is -2.32. The van der Waals surface area contributed by atoms with Gasteiger partial charge in [0.2, 0.25) is 0 Å². The summed E-state index contributed by atoms with van der Waals surface area (Å²) in [7, 11) is -1.48. The van der Waals surface area contributed by atoms with Crippen molar-refractivity contribution < 1.29 is 8.42 Å². The van der Waals surface area contributed by atoms with Crippen LogP contribution in [0.2, 0.25) is 0 Å². The third-order valence-corrected chi connectivity index (χ3v) is 5.10. The minimum Gasteiger partial charge on any atom is -0.326 e. The van der Waals surface area contributed by atoms with Gasteiger partial charge >= 0.3 is 0 Å². The number of nitrogens with zero attached hydrogens (tertiary/aromatic N) is 1. The summed E-state index contributed by atoms with van der Waals surface area (Å²) in [5.74, 6) is 0.155. The van der Waals surface area contributed by atoms with Crippen molar-refractivity contribution in [2.75, 3.05) is 23.5 Å². The Balaban J connectivity index is 1.88. The van der Waals surface area contributed by atoms with Gasteiger partial charge in [-0.15, -0.1) is 0 Å². The standard InChI is InChI=1S/C19H19N3O2S/c1-22(18-12-5-8-14-7-3-4-11-17(14)18)19(20)21-15-9-6-10-16(13-15)25(2,23)24/h3-13H,1-2H3,(H2,20,21). The van der Waals surface area contributed by atoms with E-state index in [9.17, 15) is 8.42 Å². The van der Waals surface area contributed by atoms with E-state index < -0.39 is 9.84 Å². The highest BCUT2D eigenvalue weighted by molar-refractivity contribution is 7.90. The molecular formula is C19H19N3O2S. The molecule has 0 saturated heterocycles. The maximum Gasteiger partial charge on any atom is 0.199 e. The topological polar surface area (TPSA) is 73.3 Å². The molecule has 0 bridgehead atoms. The Hall–Kier alpha value is -2.86. The van der Waals surface area contributed by atoms with E-state index in [1.165, 1.54) is 12.3 Å². The van der Waals surface area contributed by atoms with Crippen molar-refractivity contribution in [1.29, 1.82) is 5.41 Å². The van der Waals surface area contributed by atoms with E-state index in [1.807, 2.05) is 42.5 Å². The van der Waals surface area contributed by atoms with Gasteiger partial charge in [0.25, 0.3) is 0 Å². The fraction of sp³-hybridized carbons (Fsp3) is 0.105. The number of rotatable bonds is 3. The summed E-state index contributed by atoms with van der Waals surface area (Å²) in [5.41, 5.74) is 1.45. The molecule has 25 heavy (non-hydrogen) atoms. The Bertz CT molecular complexity index is 1040. The van der Waals surface area contributed by atoms with Crippen LogP contribution in [0.25, 0.3) is 10.8 Å². The zero-order valence-corrected chi connectivity index (χ0v) is 14.8. The second-order valence-electron chi connectivity index (χ2n) is 5.83. The Morgan fingerprint density at radius 2 is 1.68 bits per heavy atom. The van der Waals surface area contributed by atoms with Gasteiger partial charge in [-0.25, -0.2) is 8.42 Å². The molecule has 3 aromatic rings. The van der Waals surface area contributed by atoms with Gasteiger partial charge in [-0.2, -0.15) is 0 Å². The maximum absolute atomic E-state index is 11.7. The lowest BCUT2D eigenvalue weighted by molar-refractivity contribution is 0.602. The average molecular weight is 353 g/mol. The van der Waals surface area contributed by atoms with Crippen molar-refractivity contribution in [2.24, 2.45) is 0 Å². The first-order valence-corrected chi connectivity index (χ1v) is 9.62. The molecule has 128 valence electrons. The smallest absolute Gasteiger partial charge is 0.199 e. The van der Waals surface area contributed by atoms with Crippen LogP contribution in [-0.2, 0) is 9.84 Å². The number of hydrogen-bond acceptors (Lipinski definition) is 3. The molecule has 2 N–H and O–H groups in total. The van der Waals surface area contributed by atoms with Gasteiger partial charge in [-0.1, -0.05) is 42.5 Å². The van der Waals surface area contributed by atoms with Gasteiger partial charge in [0.15, 0.2) is 15.8 Å². The van der Waals surface area contributed by atoms with Crippen LogP contribution in [0.15, 0.2) is 71.6 Å². The third-order valence-electron chi connectivity index (χ3n) is 3.99. The second kappa shape index (κ2) is 6.57. The van der Waals surface area contributed by atoms with Crippen molar-refractivity contribution >= 4 is 37.9 Å². The second-order valence-corrected chi connectivity index (χ2v) is 7.85. The number of nitrogens with one attached hydrogen (secondary N) is 2. The summed E-state index contributed by atoms with van der Waals surface area (Å²) in [4.78, 5) is 1.95. The van der Waals surface area contributed by atoms with Crippen LogP contribution in [0.1, 0.15) is 0 Å². The zero-order valence-electron chi connectivity index (χ0n) is 14.0. The molecule has 0 aliphatic heterocycles. The van der Waals surface area contributed by atoms with E-state index in [2.05, 4.69) is 5.32 Å². The third kappa shape index (κ3) is 3.64. The van der Waals surface area contributed by atoms with E-state index in [0.717, 1.165) is 16.5 Å². The summed E-state index contributed by atoms with van der Waals surface area (Å²) in [6, 6.07) is 20.4. The Kier molecular flexibility index (Phi) is 4.46. The first-order valence-electron chi connectivity index (χ1n) is 7.73. The highest BCUT2D eigenvalue weighted by Crippen LogP contribution is 2.26. The first kappa shape index (κ1) is 17.0. The van der Waals surface area contributed by atoms with Crippen LogP contribution < -0.4 is 10.2 Å². The summed E-state index contributed by atoms with van der Waals surface area (Å²) < 4.78 is 23.4. The van der Waals surface area contributed by atoms with Crippen molar-refractivity contribution in [3.63, 3.8) is 0 Å². The lowest BCUT2D eigenvalue weighted by Gasteiger charge is -2.22. The fourth-order valence-electron chi connectivity index (χ4n) is 2.65. The van der Waals surface area contributed by atoms with Gasteiger partial charge in [0.05, 0.1) is 10.6 Å². The molecule has 0 amide bonds. The van der Waals surface area contributed by atoms with Gasteiger partial charge in [0, 0.05) is 24.4 Å². The Labute approximate surface area is 147 Å². The number of sulfone groups is 1. The van der Waals surface area contributed by atoms with Crippen LogP contribution >= 0.6 is 0 Å². The number of benzene rings is 3. The fourth-order valence-corrected chi connectivity index (χ4v) is 3.31. The molecule has 0 atom stereocenters. The molecule has 0 saturated carbocycles. The molecule has 5 nitrogen and oxygen atoms in total. The zero-order chi connectivity index (χ0) is 18.0. The molecule has 0 unspecified atom stereocenters. The predicted molar refractivity (Wildman–Crippen MR) is 103 cm³/mol. The molecule has 0 aliphatic rings. The SMILES string of the molecule is CN(C(=N)Nc1cccc(S(C)(=O)=O)c1)c1cccc2ccccc12. The van der Waals surface area contributed by atoms with E-state index >= 15 is 0 Å². The van der Waals surface area contributed by atoms with Gasteiger partial charge in [-0.05, 0) is 29.7 Å². The van der Waals surface area contributed by atoms with Crippen LogP contribution in [0.3, 0.4) is 0 Å². The summed E-state index contributed by atoms with van der Waals surface area (Å²) >= 11 is 0. The molecule has 3 aromatic carbocycles. The van der Waals surface area contributed by atoms with E-state index in [0.29, 0.717) is 5.69 Å². The molecule has 6 heteroatoms. The van der Waals surface area contributed by atoms with Crippen molar-refractivity contribution in [2.45, 2.75) is 4.90 Å². The van der Waals surface area contributed by atoms with Crippen molar-refractivity contribution in [1.82, 2.24) is 0 Å². The highest BCUT2D eigenvalue weighted by atomic mass is 32.2. The van der Waals surface area contributed by atoms with Crippen LogP contribution in [0, 0.1) is 5.41 Å². The minimum absolute atomic E-state index is 0.155.